The third kappa shape index (κ3) is 8.50. The zero-order valence-electron chi connectivity index (χ0n) is 19.5. The normalized spacial score (nSPS) is 14.1. The molecule has 0 saturated heterocycles. The number of fused-ring (bicyclic) bond motifs is 1. The summed E-state index contributed by atoms with van der Waals surface area (Å²) in [5.41, 5.74) is 12.6. The number of hydrogen-bond donors (Lipinski definition) is 9. The molecule has 200 valence electrons. The molecular formula is C22H28N6O8S. The van der Waals surface area contributed by atoms with E-state index >= 15 is 0 Å². The summed E-state index contributed by atoms with van der Waals surface area (Å²) in [4.78, 5) is 74.6. The topological polar surface area (TPSA) is 247 Å². The molecule has 1 heterocycles. The Bertz CT molecular complexity index is 1180. The second-order valence-electron chi connectivity index (χ2n) is 8.14. The fourth-order valence-corrected chi connectivity index (χ4v) is 3.69. The lowest BCUT2D eigenvalue weighted by Crippen LogP contribution is -2.58. The predicted molar refractivity (Wildman–Crippen MR) is 133 cm³/mol. The Balaban J connectivity index is 2.07. The lowest BCUT2D eigenvalue weighted by molar-refractivity contribution is -0.144. The highest BCUT2D eigenvalue weighted by Gasteiger charge is 2.31. The molecule has 0 aliphatic carbocycles. The predicted octanol–water partition coefficient (Wildman–Crippen LogP) is -2.14. The number of nitrogens with one attached hydrogen (secondary N) is 4. The fourth-order valence-electron chi connectivity index (χ4n) is 3.43. The van der Waals surface area contributed by atoms with Crippen LogP contribution in [0.4, 0.5) is 0 Å². The number of para-hydroxylation sites is 1. The van der Waals surface area contributed by atoms with E-state index in [0.717, 1.165) is 16.5 Å². The number of amides is 4. The van der Waals surface area contributed by atoms with Gasteiger partial charge in [0.05, 0.1) is 18.9 Å². The summed E-state index contributed by atoms with van der Waals surface area (Å²) in [5, 5.41) is 25.8. The third-order valence-corrected chi connectivity index (χ3v) is 5.66. The highest BCUT2D eigenvalue weighted by molar-refractivity contribution is 7.80. The minimum absolute atomic E-state index is 0.0926. The number of carboxylic acid groups (broad SMARTS) is 2. The summed E-state index contributed by atoms with van der Waals surface area (Å²) in [6, 6.07) is 1.54. The molecule has 0 radical (unpaired) electrons. The van der Waals surface area contributed by atoms with Gasteiger partial charge in [-0.05, 0) is 18.1 Å². The summed E-state index contributed by atoms with van der Waals surface area (Å²) in [6.45, 7) is 0. The maximum Gasteiger partial charge on any atom is 0.326 e. The first-order valence-electron chi connectivity index (χ1n) is 11.0. The Morgan fingerprint density at radius 1 is 0.892 bits per heavy atom. The Labute approximate surface area is 215 Å². The van der Waals surface area contributed by atoms with Crippen molar-refractivity contribution in [3.8, 4) is 0 Å². The molecule has 10 N–H and O–H groups in total. The monoisotopic (exact) mass is 536 g/mol. The Morgan fingerprint density at radius 2 is 1.49 bits per heavy atom. The molecule has 4 amide bonds. The number of aliphatic carboxylic acids is 2. The van der Waals surface area contributed by atoms with Gasteiger partial charge in [0.25, 0.3) is 0 Å². The quantitative estimate of drug-likeness (QED) is 0.119. The van der Waals surface area contributed by atoms with Gasteiger partial charge in [-0.1, -0.05) is 18.2 Å². The van der Waals surface area contributed by atoms with Crippen molar-refractivity contribution in [1.82, 2.24) is 20.9 Å². The van der Waals surface area contributed by atoms with E-state index in [4.69, 9.17) is 16.6 Å². The molecule has 0 aliphatic heterocycles. The number of H-pyrrole nitrogens is 1. The lowest BCUT2D eigenvalue weighted by atomic mass is 10.0. The first-order chi connectivity index (χ1) is 17.4. The van der Waals surface area contributed by atoms with Gasteiger partial charge in [0.1, 0.15) is 18.1 Å². The van der Waals surface area contributed by atoms with Crippen LogP contribution in [0.5, 0.6) is 0 Å². The molecule has 1 aromatic heterocycles. The van der Waals surface area contributed by atoms with E-state index < -0.39 is 72.6 Å². The van der Waals surface area contributed by atoms with Gasteiger partial charge >= 0.3 is 11.9 Å². The van der Waals surface area contributed by atoms with Crippen LogP contribution in [-0.2, 0) is 35.2 Å². The van der Waals surface area contributed by atoms with Crippen molar-refractivity contribution >= 4 is 59.1 Å². The van der Waals surface area contributed by atoms with E-state index in [2.05, 4.69) is 33.6 Å². The van der Waals surface area contributed by atoms with Crippen LogP contribution >= 0.6 is 12.6 Å². The van der Waals surface area contributed by atoms with Gasteiger partial charge in [0, 0.05) is 22.9 Å². The first-order valence-corrected chi connectivity index (χ1v) is 11.6. The van der Waals surface area contributed by atoms with Gasteiger partial charge in [0.2, 0.25) is 23.6 Å². The van der Waals surface area contributed by atoms with E-state index in [-0.39, 0.29) is 12.2 Å². The van der Waals surface area contributed by atoms with Crippen molar-refractivity contribution in [2.75, 3.05) is 5.75 Å². The second-order valence-corrected chi connectivity index (χ2v) is 8.51. The Morgan fingerprint density at radius 3 is 2.08 bits per heavy atom. The molecule has 0 fully saturated rings. The van der Waals surface area contributed by atoms with E-state index in [1.54, 1.807) is 6.20 Å². The van der Waals surface area contributed by atoms with E-state index in [0.29, 0.717) is 0 Å². The van der Waals surface area contributed by atoms with Crippen molar-refractivity contribution in [2.45, 2.75) is 43.4 Å². The van der Waals surface area contributed by atoms with Crippen molar-refractivity contribution < 1.29 is 39.0 Å². The van der Waals surface area contributed by atoms with Crippen LogP contribution in [0.15, 0.2) is 30.5 Å². The minimum Gasteiger partial charge on any atom is -0.481 e. The summed E-state index contributed by atoms with van der Waals surface area (Å²) in [7, 11) is 0. The largest absolute Gasteiger partial charge is 0.481 e. The molecule has 2 aromatic rings. The fraction of sp³-hybridized carbons (Fsp3) is 0.364. The lowest BCUT2D eigenvalue weighted by Gasteiger charge is -2.23. The average molecular weight is 537 g/mol. The number of carbonyl (C=O) groups excluding carboxylic acids is 4. The molecule has 0 spiro atoms. The van der Waals surface area contributed by atoms with Gasteiger partial charge < -0.3 is 42.6 Å². The number of rotatable bonds is 14. The third-order valence-electron chi connectivity index (χ3n) is 5.30. The number of carboxylic acids is 2. The Kier molecular flexibility index (Phi) is 10.4. The molecule has 0 aliphatic rings. The summed E-state index contributed by atoms with van der Waals surface area (Å²) in [5.74, 6) is -7.08. The van der Waals surface area contributed by atoms with Crippen LogP contribution in [0.1, 0.15) is 18.4 Å². The first kappa shape index (κ1) is 29.1. The van der Waals surface area contributed by atoms with Crippen molar-refractivity contribution in [3.63, 3.8) is 0 Å². The van der Waals surface area contributed by atoms with Crippen molar-refractivity contribution in [3.05, 3.63) is 36.0 Å². The van der Waals surface area contributed by atoms with Crippen LogP contribution in [0.25, 0.3) is 10.9 Å². The zero-order chi connectivity index (χ0) is 27.7. The summed E-state index contributed by atoms with van der Waals surface area (Å²) in [6.07, 6.45) is 0.269. The summed E-state index contributed by atoms with van der Waals surface area (Å²) < 4.78 is 0. The molecule has 4 unspecified atom stereocenters. The second kappa shape index (κ2) is 13.3. The van der Waals surface area contributed by atoms with Gasteiger partial charge in [-0.25, -0.2) is 4.79 Å². The number of thiol groups is 1. The molecule has 14 nitrogen and oxygen atoms in total. The number of benzene rings is 1. The molecule has 15 heteroatoms. The number of aromatic amines is 1. The van der Waals surface area contributed by atoms with Gasteiger partial charge in [-0.2, -0.15) is 12.6 Å². The highest BCUT2D eigenvalue weighted by Crippen LogP contribution is 2.18. The molecular weight excluding hydrogens is 508 g/mol. The maximum absolute atomic E-state index is 12.8. The average Bonchev–Trinajstić information content (AvgIpc) is 3.23. The number of carbonyl (C=O) groups is 6. The molecule has 0 bridgehead atoms. The van der Waals surface area contributed by atoms with Crippen LogP contribution in [-0.4, -0.2) is 80.7 Å². The molecule has 0 saturated carbocycles. The van der Waals surface area contributed by atoms with Gasteiger partial charge in [-0.15, -0.1) is 0 Å². The smallest absolute Gasteiger partial charge is 0.326 e. The van der Waals surface area contributed by atoms with E-state index in [1.165, 1.54) is 0 Å². The van der Waals surface area contributed by atoms with Crippen LogP contribution in [0.2, 0.25) is 0 Å². The molecule has 37 heavy (non-hydrogen) atoms. The zero-order valence-corrected chi connectivity index (χ0v) is 20.4. The van der Waals surface area contributed by atoms with Crippen LogP contribution in [0.3, 0.4) is 0 Å². The van der Waals surface area contributed by atoms with E-state index in [1.807, 2.05) is 24.3 Å². The standard InChI is InChI=1S/C22H28N6O8S/c23-12(5-10-8-25-13-4-2-1-3-11(10)13)19(32)26-14(7-18(30)31)20(33)28-16(9-37)21(34)27-15(22(35)36)6-17(24)29/h1-4,8,12,14-16,25,37H,5-7,9,23H2,(H2,24,29)(H,26,32)(H,27,34)(H,28,33)(H,30,31)(H,35,36). The number of hydrogen-bond acceptors (Lipinski definition) is 8. The van der Waals surface area contributed by atoms with Gasteiger partial charge in [0.15, 0.2) is 0 Å². The number of nitrogens with two attached hydrogens (primary N) is 2. The van der Waals surface area contributed by atoms with E-state index in [9.17, 15) is 33.9 Å². The highest BCUT2D eigenvalue weighted by atomic mass is 32.1. The Hall–Kier alpha value is -4.11. The van der Waals surface area contributed by atoms with Crippen molar-refractivity contribution in [1.29, 1.82) is 0 Å². The number of primary amides is 1. The molecule has 4 atom stereocenters. The minimum atomic E-state index is -1.65. The SMILES string of the molecule is NC(=O)CC(NC(=O)C(CS)NC(=O)C(CC(=O)O)NC(=O)C(N)Cc1c[nH]c2ccccc12)C(=O)O. The summed E-state index contributed by atoms with van der Waals surface area (Å²) >= 11 is 3.95. The van der Waals surface area contributed by atoms with Gasteiger partial charge in [-0.3, -0.25) is 24.0 Å². The van der Waals surface area contributed by atoms with Crippen LogP contribution in [0, 0.1) is 0 Å². The van der Waals surface area contributed by atoms with Crippen LogP contribution < -0.4 is 27.4 Å². The molecule has 2 rings (SSSR count). The molecule has 1 aromatic carbocycles. The number of aromatic nitrogens is 1. The van der Waals surface area contributed by atoms with Crippen molar-refractivity contribution in [2.24, 2.45) is 11.5 Å². The maximum atomic E-state index is 12.8.